The van der Waals surface area contributed by atoms with Crippen LogP contribution in [0.5, 0.6) is 11.5 Å². The maximum absolute atomic E-state index is 12.4. The smallest absolute Gasteiger partial charge is 0.318 e. The van der Waals surface area contributed by atoms with Gasteiger partial charge in [-0.25, -0.2) is 0 Å². The molecular weight excluding hydrogens is 350 g/mol. The van der Waals surface area contributed by atoms with Crippen LogP contribution in [0.1, 0.15) is 20.7 Å². The van der Waals surface area contributed by atoms with E-state index in [1.807, 2.05) is 0 Å². The lowest BCUT2D eigenvalue weighted by atomic mass is 10.1. The SMILES string of the molecule is COc1ccc(S(=O)(=O)ON2C(=O)c3ccccc3C2=O)cc1OC. The van der Waals surface area contributed by atoms with Crippen LogP contribution in [0.15, 0.2) is 47.4 Å². The highest BCUT2D eigenvalue weighted by Crippen LogP contribution is 2.31. The first-order valence-corrected chi connectivity index (χ1v) is 8.44. The minimum Gasteiger partial charge on any atom is -0.493 e. The van der Waals surface area contributed by atoms with E-state index in [-0.39, 0.29) is 26.8 Å². The molecule has 0 unspecified atom stereocenters. The molecule has 0 spiro atoms. The molecule has 2 aromatic rings. The molecule has 0 atom stereocenters. The van der Waals surface area contributed by atoms with Crippen LogP contribution in [0.4, 0.5) is 0 Å². The number of fused-ring (bicyclic) bond motifs is 1. The molecule has 0 aliphatic carbocycles. The summed E-state index contributed by atoms with van der Waals surface area (Å²) in [5.41, 5.74) is 0.157. The molecule has 25 heavy (non-hydrogen) atoms. The van der Waals surface area contributed by atoms with Crippen molar-refractivity contribution in [3.63, 3.8) is 0 Å². The largest absolute Gasteiger partial charge is 0.493 e. The van der Waals surface area contributed by atoms with Crippen molar-refractivity contribution in [3.8, 4) is 11.5 Å². The van der Waals surface area contributed by atoms with Gasteiger partial charge in [0.25, 0.3) is 11.8 Å². The Morgan fingerprint density at radius 3 is 1.92 bits per heavy atom. The van der Waals surface area contributed by atoms with Gasteiger partial charge >= 0.3 is 10.1 Å². The van der Waals surface area contributed by atoms with Crippen LogP contribution in [0.2, 0.25) is 0 Å². The molecule has 3 rings (SSSR count). The number of nitrogens with zero attached hydrogens (tertiary/aromatic N) is 1. The minimum atomic E-state index is -4.44. The molecule has 0 N–H and O–H groups in total. The molecular formula is C16H13NO7S. The van der Waals surface area contributed by atoms with Crippen LogP contribution >= 0.6 is 0 Å². The Morgan fingerprint density at radius 2 is 1.40 bits per heavy atom. The molecule has 0 saturated heterocycles. The summed E-state index contributed by atoms with van der Waals surface area (Å²) in [5.74, 6) is -1.20. The van der Waals surface area contributed by atoms with E-state index in [9.17, 15) is 18.0 Å². The second-order valence-electron chi connectivity index (χ2n) is 5.00. The van der Waals surface area contributed by atoms with E-state index in [1.165, 1.54) is 44.6 Å². The van der Waals surface area contributed by atoms with Crippen LogP contribution < -0.4 is 9.47 Å². The average Bonchev–Trinajstić information content (AvgIpc) is 2.86. The predicted octanol–water partition coefficient (Wildman–Crippen LogP) is 1.62. The highest BCUT2D eigenvalue weighted by atomic mass is 32.2. The lowest BCUT2D eigenvalue weighted by molar-refractivity contribution is -0.0104. The number of benzene rings is 2. The fourth-order valence-corrected chi connectivity index (χ4v) is 3.25. The van der Waals surface area contributed by atoms with Gasteiger partial charge in [-0.05, 0) is 24.3 Å². The first-order chi connectivity index (χ1) is 11.9. The Labute approximate surface area is 143 Å². The zero-order valence-corrected chi connectivity index (χ0v) is 14.1. The standard InChI is InChI=1S/C16H13NO7S/c1-22-13-8-7-10(9-14(13)23-2)25(20,21)24-17-15(18)11-5-3-4-6-12(11)16(17)19/h3-9H,1-2H3. The number of hydrogen-bond acceptors (Lipinski definition) is 7. The van der Waals surface area contributed by atoms with Crippen molar-refractivity contribution in [2.24, 2.45) is 0 Å². The van der Waals surface area contributed by atoms with Gasteiger partial charge in [-0.15, -0.1) is 9.35 Å². The van der Waals surface area contributed by atoms with Gasteiger partial charge in [-0.3, -0.25) is 9.59 Å². The van der Waals surface area contributed by atoms with Gasteiger partial charge in [0.2, 0.25) is 0 Å². The van der Waals surface area contributed by atoms with Gasteiger partial charge in [-0.1, -0.05) is 12.1 Å². The summed E-state index contributed by atoms with van der Waals surface area (Å²) >= 11 is 0. The highest BCUT2D eigenvalue weighted by molar-refractivity contribution is 7.86. The first kappa shape index (κ1) is 16.9. The molecule has 0 fully saturated rings. The van der Waals surface area contributed by atoms with E-state index in [0.717, 1.165) is 0 Å². The number of ether oxygens (including phenoxy) is 2. The normalized spacial score (nSPS) is 13.8. The van der Waals surface area contributed by atoms with Gasteiger partial charge < -0.3 is 9.47 Å². The Hall–Kier alpha value is -2.91. The summed E-state index contributed by atoms with van der Waals surface area (Å²) in [4.78, 5) is 24.1. The van der Waals surface area contributed by atoms with E-state index >= 15 is 0 Å². The molecule has 0 radical (unpaired) electrons. The topological polar surface area (TPSA) is 99.2 Å². The van der Waals surface area contributed by atoms with Crippen LogP contribution in [0, 0.1) is 0 Å². The summed E-state index contributed by atoms with van der Waals surface area (Å²) in [6.45, 7) is 0. The van der Waals surface area contributed by atoms with E-state index in [0.29, 0.717) is 5.75 Å². The average molecular weight is 363 g/mol. The Kier molecular flexibility index (Phi) is 4.19. The lowest BCUT2D eigenvalue weighted by Gasteiger charge is -2.14. The molecule has 8 nitrogen and oxygen atoms in total. The third kappa shape index (κ3) is 2.83. The van der Waals surface area contributed by atoms with Crippen molar-refractivity contribution in [1.82, 2.24) is 5.06 Å². The van der Waals surface area contributed by atoms with Crippen LogP contribution in [-0.2, 0) is 14.4 Å². The van der Waals surface area contributed by atoms with Gasteiger partial charge in [0.05, 0.1) is 30.2 Å². The molecule has 1 heterocycles. The van der Waals surface area contributed by atoms with E-state index in [1.54, 1.807) is 12.1 Å². The third-order valence-electron chi connectivity index (χ3n) is 3.57. The highest BCUT2D eigenvalue weighted by Gasteiger charge is 2.40. The fraction of sp³-hybridized carbons (Fsp3) is 0.125. The Bertz CT molecular complexity index is 933. The van der Waals surface area contributed by atoms with Gasteiger partial charge in [0, 0.05) is 6.07 Å². The van der Waals surface area contributed by atoms with E-state index in [4.69, 9.17) is 13.8 Å². The third-order valence-corrected chi connectivity index (χ3v) is 4.75. The second kappa shape index (κ2) is 6.19. The lowest BCUT2D eigenvalue weighted by Crippen LogP contribution is -2.32. The first-order valence-electron chi connectivity index (χ1n) is 7.03. The summed E-state index contributed by atoms with van der Waals surface area (Å²) < 4.78 is 39.7. The zero-order valence-electron chi connectivity index (χ0n) is 13.3. The summed E-state index contributed by atoms with van der Waals surface area (Å²) in [5, 5.41) is 0.233. The number of hydroxylamine groups is 2. The number of imide groups is 1. The fourth-order valence-electron chi connectivity index (χ4n) is 2.35. The van der Waals surface area contributed by atoms with Crippen LogP contribution in [0.3, 0.4) is 0 Å². The van der Waals surface area contributed by atoms with Crippen molar-refractivity contribution in [3.05, 3.63) is 53.6 Å². The molecule has 1 aliphatic rings. The number of amides is 2. The number of methoxy groups -OCH3 is 2. The van der Waals surface area contributed by atoms with Crippen molar-refractivity contribution >= 4 is 21.9 Å². The summed E-state index contributed by atoms with van der Waals surface area (Å²) in [7, 11) is -1.69. The Morgan fingerprint density at radius 1 is 0.840 bits per heavy atom. The van der Waals surface area contributed by atoms with Crippen molar-refractivity contribution in [2.75, 3.05) is 14.2 Å². The van der Waals surface area contributed by atoms with Crippen molar-refractivity contribution < 1.29 is 31.8 Å². The molecule has 0 saturated carbocycles. The molecule has 1 aliphatic heterocycles. The molecule has 2 amide bonds. The number of carbonyl (C=O) groups is 2. The summed E-state index contributed by atoms with van der Waals surface area (Å²) in [6, 6.07) is 9.73. The monoisotopic (exact) mass is 363 g/mol. The molecule has 0 bridgehead atoms. The quantitative estimate of drug-likeness (QED) is 0.744. The van der Waals surface area contributed by atoms with Crippen LogP contribution in [0.25, 0.3) is 0 Å². The maximum atomic E-state index is 12.4. The number of rotatable bonds is 5. The minimum absolute atomic E-state index is 0.0787. The van der Waals surface area contributed by atoms with E-state index < -0.39 is 21.9 Å². The van der Waals surface area contributed by atoms with Gasteiger partial charge in [0.15, 0.2) is 11.5 Å². The van der Waals surface area contributed by atoms with Gasteiger partial charge in [0.1, 0.15) is 0 Å². The Balaban J connectivity index is 1.93. The number of carbonyl (C=O) groups excluding carboxylic acids is 2. The van der Waals surface area contributed by atoms with Crippen molar-refractivity contribution in [2.45, 2.75) is 4.90 Å². The second-order valence-corrected chi connectivity index (χ2v) is 6.52. The van der Waals surface area contributed by atoms with Gasteiger partial charge in [-0.2, -0.15) is 8.42 Å². The van der Waals surface area contributed by atoms with Crippen molar-refractivity contribution in [1.29, 1.82) is 0 Å². The zero-order chi connectivity index (χ0) is 18.2. The molecule has 130 valence electrons. The molecule has 9 heteroatoms. The van der Waals surface area contributed by atoms with E-state index in [2.05, 4.69) is 0 Å². The van der Waals surface area contributed by atoms with Crippen LogP contribution in [-0.4, -0.2) is 39.5 Å². The number of hydrogen-bond donors (Lipinski definition) is 0. The predicted molar refractivity (Wildman–Crippen MR) is 84.8 cm³/mol. The molecule has 0 aromatic heterocycles. The summed E-state index contributed by atoms with van der Waals surface area (Å²) in [6.07, 6.45) is 0. The maximum Gasteiger partial charge on any atom is 0.318 e. The molecule has 2 aromatic carbocycles.